The number of benzene rings is 1. The highest BCUT2D eigenvalue weighted by molar-refractivity contribution is 6.33. The number of methoxy groups -OCH3 is 1. The summed E-state index contributed by atoms with van der Waals surface area (Å²) >= 11 is 6.55. The lowest BCUT2D eigenvalue weighted by Gasteiger charge is -2.24. The number of halogens is 1. The summed E-state index contributed by atoms with van der Waals surface area (Å²) in [4.78, 5) is 12.1. The summed E-state index contributed by atoms with van der Waals surface area (Å²) in [5, 5.41) is 0.617. The normalized spacial score (nSPS) is 13.9. The van der Waals surface area contributed by atoms with Crippen molar-refractivity contribution in [3.63, 3.8) is 0 Å². The maximum absolute atomic E-state index is 6.55. The fraction of sp³-hybridized carbons (Fsp3) is 0.455. The van der Waals surface area contributed by atoms with Crippen LogP contribution in [0.3, 0.4) is 0 Å². The lowest BCUT2D eigenvalue weighted by molar-refractivity contribution is 0.415. The lowest BCUT2D eigenvalue weighted by atomic mass is 10.1. The van der Waals surface area contributed by atoms with Gasteiger partial charge in [-0.05, 0) is 49.8 Å². The second kappa shape index (κ2) is 8.00. The van der Waals surface area contributed by atoms with Gasteiger partial charge in [-0.15, -0.1) is 0 Å². The minimum atomic E-state index is 0.617. The van der Waals surface area contributed by atoms with Gasteiger partial charge in [0.2, 0.25) is 0 Å². The Morgan fingerprint density at radius 1 is 1.29 bits per heavy atom. The van der Waals surface area contributed by atoms with E-state index in [9.17, 15) is 0 Å². The van der Waals surface area contributed by atoms with Gasteiger partial charge in [0.15, 0.2) is 5.65 Å². The van der Waals surface area contributed by atoms with Crippen molar-refractivity contribution in [2.75, 3.05) is 25.1 Å². The van der Waals surface area contributed by atoms with Crippen molar-refractivity contribution in [1.82, 2.24) is 14.4 Å². The van der Waals surface area contributed by atoms with Crippen LogP contribution >= 0.6 is 11.6 Å². The Kier molecular flexibility index (Phi) is 5.44. The molecule has 6 heteroatoms. The van der Waals surface area contributed by atoms with Crippen LogP contribution < -0.4 is 9.64 Å². The average molecular weight is 399 g/mol. The van der Waals surface area contributed by atoms with Crippen molar-refractivity contribution >= 4 is 23.1 Å². The fourth-order valence-electron chi connectivity index (χ4n) is 3.75. The number of fused-ring (bicyclic) bond motifs is 1. The number of anilines is 1. The SMILES string of the molecule is CCCN(CC1CC1)c1c(CC)nc2c(-c3ccc(OC)cc3Cl)nccn12. The molecule has 28 heavy (non-hydrogen) atoms. The van der Waals surface area contributed by atoms with Crippen molar-refractivity contribution in [2.45, 2.75) is 39.5 Å². The largest absolute Gasteiger partial charge is 0.497 e. The molecule has 0 bridgehead atoms. The molecule has 1 fully saturated rings. The summed E-state index contributed by atoms with van der Waals surface area (Å²) in [6, 6.07) is 5.69. The number of nitrogens with zero attached hydrogens (tertiary/aromatic N) is 4. The van der Waals surface area contributed by atoms with E-state index >= 15 is 0 Å². The van der Waals surface area contributed by atoms with Gasteiger partial charge in [-0.3, -0.25) is 9.38 Å². The predicted molar refractivity (Wildman–Crippen MR) is 115 cm³/mol. The van der Waals surface area contributed by atoms with Gasteiger partial charge in [-0.1, -0.05) is 25.4 Å². The second-order valence-corrected chi connectivity index (χ2v) is 7.85. The molecule has 0 unspecified atom stereocenters. The Morgan fingerprint density at radius 3 is 2.75 bits per heavy atom. The fourth-order valence-corrected chi connectivity index (χ4v) is 4.01. The first-order chi connectivity index (χ1) is 13.7. The molecule has 0 amide bonds. The van der Waals surface area contributed by atoms with Crippen LogP contribution in [0.15, 0.2) is 30.6 Å². The molecule has 2 aromatic heterocycles. The van der Waals surface area contributed by atoms with Gasteiger partial charge in [-0.2, -0.15) is 0 Å². The maximum atomic E-state index is 6.55. The highest BCUT2D eigenvalue weighted by Gasteiger charge is 2.27. The molecule has 1 aliphatic rings. The third-order valence-electron chi connectivity index (χ3n) is 5.32. The first kappa shape index (κ1) is 19.1. The predicted octanol–water partition coefficient (Wildman–Crippen LogP) is 5.25. The molecule has 0 spiro atoms. The molecule has 5 nitrogen and oxygen atoms in total. The van der Waals surface area contributed by atoms with Gasteiger partial charge >= 0.3 is 0 Å². The van der Waals surface area contributed by atoms with Gasteiger partial charge in [0.1, 0.15) is 17.3 Å². The van der Waals surface area contributed by atoms with Crippen LogP contribution in [-0.4, -0.2) is 34.6 Å². The van der Waals surface area contributed by atoms with E-state index in [1.165, 1.54) is 18.7 Å². The highest BCUT2D eigenvalue weighted by atomic mass is 35.5. The molecule has 0 aliphatic heterocycles. The molecule has 0 N–H and O–H groups in total. The van der Waals surface area contributed by atoms with Gasteiger partial charge in [-0.25, -0.2) is 4.98 Å². The van der Waals surface area contributed by atoms with Crippen LogP contribution in [0, 0.1) is 5.92 Å². The van der Waals surface area contributed by atoms with E-state index in [2.05, 4.69) is 28.1 Å². The van der Waals surface area contributed by atoms with E-state index in [1.54, 1.807) is 7.11 Å². The van der Waals surface area contributed by atoms with Crippen LogP contribution in [0.2, 0.25) is 5.02 Å². The zero-order valence-electron chi connectivity index (χ0n) is 16.8. The molecular formula is C22H27ClN4O. The van der Waals surface area contributed by atoms with Crippen molar-refractivity contribution in [2.24, 2.45) is 5.92 Å². The Balaban J connectivity index is 1.85. The van der Waals surface area contributed by atoms with Gasteiger partial charge in [0, 0.05) is 31.0 Å². The van der Waals surface area contributed by atoms with E-state index < -0.39 is 0 Å². The minimum Gasteiger partial charge on any atom is -0.497 e. The van der Waals surface area contributed by atoms with Crippen molar-refractivity contribution in [3.05, 3.63) is 41.3 Å². The number of aryl methyl sites for hydroxylation is 1. The average Bonchev–Trinajstić information content (AvgIpc) is 3.44. The molecule has 1 saturated carbocycles. The highest BCUT2D eigenvalue weighted by Crippen LogP contribution is 2.36. The summed E-state index contributed by atoms with van der Waals surface area (Å²) in [6.45, 7) is 6.55. The van der Waals surface area contributed by atoms with E-state index in [0.29, 0.717) is 5.02 Å². The molecule has 4 rings (SSSR count). The van der Waals surface area contributed by atoms with Gasteiger partial charge in [0.05, 0.1) is 17.8 Å². The molecule has 0 radical (unpaired) electrons. The molecule has 3 aromatic rings. The number of hydrogen-bond donors (Lipinski definition) is 0. The molecule has 2 heterocycles. The monoisotopic (exact) mass is 398 g/mol. The maximum Gasteiger partial charge on any atom is 0.165 e. The van der Waals surface area contributed by atoms with Gasteiger partial charge < -0.3 is 9.64 Å². The summed E-state index contributed by atoms with van der Waals surface area (Å²) in [5.41, 5.74) is 3.65. The van der Waals surface area contributed by atoms with Crippen molar-refractivity contribution < 1.29 is 4.74 Å². The molecule has 0 atom stereocenters. The van der Waals surface area contributed by atoms with Crippen LogP contribution in [0.1, 0.15) is 38.8 Å². The zero-order valence-corrected chi connectivity index (χ0v) is 17.5. The number of ether oxygens (including phenoxy) is 1. The lowest BCUT2D eigenvalue weighted by Crippen LogP contribution is -2.28. The van der Waals surface area contributed by atoms with E-state index in [-0.39, 0.29) is 0 Å². The first-order valence-corrected chi connectivity index (χ1v) is 10.5. The van der Waals surface area contributed by atoms with Crippen LogP contribution in [-0.2, 0) is 6.42 Å². The van der Waals surface area contributed by atoms with Crippen LogP contribution in [0.4, 0.5) is 5.82 Å². The zero-order chi connectivity index (χ0) is 19.7. The molecule has 0 saturated heterocycles. The minimum absolute atomic E-state index is 0.617. The van der Waals surface area contributed by atoms with Crippen molar-refractivity contribution in [3.8, 4) is 17.0 Å². The summed E-state index contributed by atoms with van der Waals surface area (Å²) < 4.78 is 7.48. The summed E-state index contributed by atoms with van der Waals surface area (Å²) in [6.07, 6.45) is 8.55. The second-order valence-electron chi connectivity index (χ2n) is 7.44. The third kappa shape index (κ3) is 3.55. The Morgan fingerprint density at radius 2 is 2.11 bits per heavy atom. The van der Waals surface area contributed by atoms with Gasteiger partial charge in [0.25, 0.3) is 0 Å². The number of rotatable bonds is 8. The number of aromatic nitrogens is 3. The standard InChI is InChI=1S/C22H27ClN4O/c1-4-11-26(14-15-6-7-15)22-19(5-2)25-21-20(24-10-12-27(21)22)17-9-8-16(28-3)13-18(17)23/h8-10,12-13,15H,4-7,11,14H2,1-3H3. The van der Waals surface area contributed by atoms with E-state index in [0.717, 1.165) is 60.2 Å². The van der Waals surface area contributed by atoms with Crippen LogP contribution in [0.5, 0.6) is 5.75 Å². The Hall–Kier alpha value is -2.27. The molecule has 148 valence electrons. The number of hydrogen-bond acceptors (Lipinski definition) is 4. The Labute approximate surface area is 171 Å². The summed E-state index contributed by atoms with van der Waals surface area (Å²) in [7, 11) is 1.64. The topological polar surface area (TPSA) is 42.7 Å². The first-order valence-electron chi connectivity index (χ1n) is 10.1. The molecule has 1 aromatic carbocycles. The summed E-state index contributed by atoms with van der Waals surface area (Å²) in [5.74, 6) is 2.76. The van der Waals surface area contributed by atoms with Crippen LogP contribution in [0.25, 0.3) is 16.9 Å². The Bertz CT molecular complexity index is 980. The molecular weight excluding hydrogens is 372 g/mol. The third-order valence-corrected chi connectivity index (χ3v) is 5.63. The smallest absolute Gasteiger partial charge is 0.165 e. The van der Waals surface area contributed by atoms with E-state index in [1.807, 2.05) is 30.6 Å². The van der Waals surface area contributed by atoms with Crippen molar-refractivity contribution in [1.29, 1.82) is 0 Å². The molecule has 1 aliphatic carbocycles. The number of imidazole rings is 1. The quantitative estimate of drug-likeness (QED) is 0.520. The van der Waals surface area contributed by atoms with E-state index in [4.69, 9.17) is 21.3 Å².